The number of halogens is 3. The number of nitrogens with one attached hydrogen (secondary N) is 1. The molecule has 1 heterocycles. The van der Waals surface area contributed by atoms with Gasteiger partial charge in [-0.05, 0) is 54.7 Å². The van der Waals surface area contributed by atoms with E-state index >= 15 is 0 Å². The summed E-state index contributed by atoms with van der Waals surface area (Å²) in [6.45, 7) is 4.40. The van der Waals surface area contributed by atoms with Gasteiger partial charge in [-0.25, -0.2) is 12.8 Å². The van der Waals surface area contributed by atoms with Crippen molar-refractivity contribution in [2.45, 2.75) is 37.6 Å². The van der Waals surface area contributed by atoms with Gasteiger partial charge in [-0.2, -0.15) is 4.31 Å². The van der Waals surface area contributed by atoms with E-state index in [9.17, 15) is 17.6 Å². The lowest BCUT2D eigenvalue weighted by Gasteiger charge is -2.32. The van der Waals surface area contributed by atoms with Crippen LogP contribution in [-0.2, 0) is 14.8 Å². The van der Waals surface area contributed by atoms with Crippen molar-refractivity contribution in [3.63, 3.8) is 0 Å². The molecule has 168 valence electrons. The molecule has 1 N–H and O–H groups in total. The summed E-state index contributed by atoms with van der Waals surface area (Å²) in [5.74, 6) is -0.644. The minimum Gasteiger partial charge on any atom is -0.349 e. The average molecular weight is 487 g/mol. The second-order valence-electron chi connectivity index (χ2n) is 8.03. The van der Waals surface area contributed by atoms with Crippen LogP contribution in [0.4, 0.5) is 4.39 Å². The molecule has 5 nitrogen and oxygen atoms in total. The second-order valence-corrected chi connectivity index (χ2v) is 10.8. The van der Waals surface area contributed by atoms with Gasteiger partial charge in [0.1, 0.15) is 10.7 Å². The number of piperidine rings is 1. The lowest BCUT2D eigenvalue weighted by molar-refractivity contribution is -0.127. The molecular formula is C22H25Cl2FN2O3S. The number of carbonyl (C=O) groups is 1. The minimum atomic E-state index is -3.80. The van der Waals surface area contributed by atoms with Gasteiger partial charge in [-0.1, -0.05) is 49.2 Å². The van der Waals surface area contributed by atoms with Crippen molar-refractivity contribution < 1.29 is 17.6 Å². The zero-order valence-corrected chi connectivity index (χ0v) is 19.6. The summed E-state index contributed by atoms with van der Waals surface area (Å²) in [7, 11) is -3.80. The fourth-order valence-corrected chi connectivity index (χ4v) is 5.96. The normalized spacial score (nSPS) is 17.0. The van der Waals surface area contributed by atoms with Crippen molar-refractivity contribution in [2.24, 2.45) is 11.8 Å². The Labute approximate surface area is 192 Å². The van der Waals surface area contributed by atoms with Crippen molar-refractivity contribution in [1.29, 1.82) is 0 Å². The molecule has 9 heteroatoms. The first-order valence-electron chi connectivity index (χ1n) is 10.1. The zero-order chi connectivity index (χ0) is 22.8. The van der Waals surface area contributed by atoms with E-state index in [0.29, 0.717) is 12.8 Å². The van der Waals surface area contributed by atoms with E-state index in [4.69, 9.17) is 23.2 Å². The van der Waals surface area contributed by atoms with Crippen LogP contribution in [0, 0.1) is 17.7 Å². The Balaban J connectivity index is 1.66. The fourth-order valence-electron chi connectivity index (χ4n) is 3.75. The third kappa shape index (κ3) is 5.58. The van der Waals surface area contributed by atoms with Crippen LogP contribution < -0.4 is 5.32 Å². The summed E-state index contributed by atoms with van der Waals surface area (Å²) >= 11 is 12.0. The van der Waals surface area contributed by atoms with Crippen LogP contribution >= 0.6 is 23.2 Å². The summed E-state index contributed by atoms with van der Waals surface area (Å²) in [5, 5.41) is 3.46. The Kier molecular flexibility index (Phi) is 7.63. The summed E-state index contributed by atoms with van der Waals surface area (Å²) in [6.07, 6.45) is 0.801. The molecule has 3 rings (SSSR count). The van der Waals surface area contributed by atoms with E-state index in [-0.39, 0.29) is 57.6 Å². The third-order valence-electron chi connectivity index (χ3n) is 5.53. The SMILES string of the molecule is CC(C)C(NC(=O)C1CCN(S(=O)(=O)c2cc(Cl)ccc2Cl)CC1)c1ccc(F)cc1. The van der Waals surface area contributed by atoms with E-state index < -0.39 is 10.0 Å². The molecule has 2 aromatic rings. The highest BCUT2D eigenvalue weighted by Gasteiger charge is 2.34. The van der Waals surface area contributed by atoms with Crippen molar-refractivity contribution in [3.8, 4) is 0 Å². The second kappa shape index (κ2) is 9.86. The molecule has 0 aromatic heterocycles. The first-order chi connectivity index (χ1) is 14.6. The van der Waals surface area contributed by atoms with Crippen molar-refractivity contribution in [2.75, 3.05) is 13.1 Å². The number of sulfonamides is 1. The molecule has 0 radical (unpaired) electrons. The molecule has 1 aliphatic heterocycles. The number of carbonyl (C=O) groups excluding carboxylic acids is 1. The number of hydrogen-bond acceptors (Lipinski definition) is 3. The predicted molar refractivity (Wildman–Crippen MR) is 120 cm³/mol. The van der Waals surface area contributed by atoms with Crippen LogP contribution in [0.1, 0.15) is 38.3 Å². The van der Waals surface area contributed by atoms with Crippen LogP contribution in [0.5, 0.6) is 0 Å². The summed E-state index contributed by atoms with van der Waals surface area (Å²) in [5.41, 5.74) is 0.834. The monoisotopic (exact) mass is 486 g/mol. The standard InChI is InChI=1S/C22H25Cl2FN2O3S/c1-14(2)21(15-3-6-18(25)7-4-15)26-22(28)16-9-11-27(12-10-16)31(29,30)20-13-17(23)5-8-19(20)24/h3-8,13-14,16,21H,9-12H2,1-2H3,(H,26,28). The fraction of sp³-hybridized carbons (Fsp3) is 0.409. The maximum atomic E-state index is 13.3. The number of nitrogens with zero attached hydrogens (tertiary/aromatic N) is 1. The highest BCUT2D eigenvalue weighted by molar-refractivity contribution is 7.89. The van der Waals surface area contributed by atoms with Crippen molar-refractivity contribution in [1.82, 2.24) is 9.62 Å². The highest BCUT2D eigenvalue weighted by Crippen LogP contribution is 2.31. The quantitative estimate of drug-likeness (QED) is 0.621. The van der Waals surface area contributed by atoms with Crippen LogP contribution in [-0.4, -0.2) is 31.7 Å². The molecular weight excluding hydrogens is 462 g/mol. The molecule has 0 aliphatic carbocycles. The zero-order valence-electron chi connectivity index (χ0n) is 17.3. The number of hydrogen-bond donors (Lipinski definition) is 1. The predicted octanol–water partition coefficient (Wildman–Crippen LogP) is 5.05. The van der Waals surface area contributed by atoms with Crippen LogP contribution in [0.3, 0.4) is 0 Å². The molecule has 1 amide bonds. The van der Waals surface area contributed by atoms with Crippen molar-refractivity contribution in [3.05, 3.63) is 63.9 Å². The smallest absolute Gasteiger partial charge is 0.244 e. The van der Waals surface area contributed by atoms with Gasteiger partial charge < -0.3 is 5.32 Å². The van der Waals surface area contributed by atoms with Crippen LogP contribution in [0.15, 0.2) is 47.4 Å². The maximum Gasteiger partial charge on any atom is 0.244 e. The van der Waals surface area contributed by atoms with E-state index in [1.165, 1.54) is 34.6 Å². The average Bonchev–Trinajstić information content (AvgIpc) is 2.74. The van der Waals surface area contributed by atoms with E-state index in [1.54, 1.807) is 12.1 Å². The maximum absolute atomic E-state index is 13.3. The molecule has 31 heavy (non-hydrogen) atoms. The van der Waals surface area contributed by atoms with Crippen LogP contribution in [0.25, 0.3) is 0 Å². The molecule has 1 saturated heterocycles. The molecule has 1 fully saturated rings. The summed E-state index contributed by atoms with van der Waals surface area (Å²) in [4.78, 5) is 12.9. The first-order valence-corrected chi connectivity index (χ1v) is 12.3. The van der Waals surface area contributed by atoms with E-state index in [1.807, 2.05) is 13.8 Å². The van der Waals surface area contributed by atoms with Gasteiger partial charge in [0.15, 0.2) is 0 Å². The van der Waals surface area contributed by atoms with Gasteiger partial charge in [0.05, 0.1) is 11.1 Å². The Hall–Kier alpha value is -1.67. The number of benzene rings is 2. The molecule has 1 aliphatic rings. The van der Waals surface area contributed by atoms with Gasteiger partial charge in [0, 0.05) is 24.0 Å². The molecule has 0 saturated carbocycles. The lowest BCUT2D eigenvalue weighted by atomic mass is 9.92. The van der Waals surface area contributed by atoms with Crippen molar-refractivity contribution >= 4 is 39.1 Å². The van der Waals surface area contributed by atoms with Gasteiger partial charge >= 0.3 is 0 Å². The Morgan fingerprint density at radius 2 is 1.71 bits per heavy atom. The van der Waals surface area contributed by atoms with E-state index in [2.05, 4.69) is 5.32 Å². The largest absolute Gasteiger partial charge is 0.349 e. The highest BCUT2D eigenvalue weighted by atomic mass is 35.5. The van der Waals surface area contributed by atoms with Gasteiger partial charge in [-0.3, -0.25) is 4.79 Å². The Morgan fingerprint density at radius 3 is 2.29 bits per heavy atom. The molecule has 1 unspecified atom stereocenters. The van der Waals surface area contributed by atoms with Gasteiger partial charge in [0.2, 0.25) is 15.9 Å². The number of rotatable bonds is 6. The molecule has 0 bridgehead atoms. The Bertz CT molecular complexity index is 1040. The Morgan fingerprint density at radius 1 is 1.10 bits per heavy atom. The van der Waals surface area contributed by atoms with Gasteiger partial charge in [-0.15, -0.1) is 0 Å². The minimum absolute atomic E-state index is 0.0271. The summed E-state index contributed by atoms with van der Waals surface area (Å²) in [6, 6.07) is 10.2. The molecule has 1 atom stereocenters. The van der Waals surface area contributed by atoms with Crippen LogP contribution in [0.2, 0.25) is 10.0 Å². The first kappa shape index (κ1) is 24.0. The van der Waals surface area contributed by atoms with E-state index in [0.717, 1.165) is 5.56 Å². The number of amides is 1. The van der Waals surface area contributed by atoms with Gasteiger partial charge in [0.25, 0.3) is 0 Å². The molecule has 0 spiro atoms. The topological polar surface area (TPSA) is 66.5 Å². The third-order valence-corrected chi connectivity index (χ3v) is 8.14. The summed E-state index contributed by atoms with van der Waals surface area (Å²) < 4.78 is 40.5. The molecule has 2 aromatic carbocycles. The lowest BCUT2D eigenvalue weighted by Crippen LogP contribution is -2.44.